The van der Waals surface area contributed by atoms with Crippen LogP contribution in [-0.4, -0.2) is 11.5 Å². The third kappa shape index (κ3) is 2.84. The number of rotatable bonds is 4. The van der Waals surface area contributed by atoms with Crippen LogP contribution < -0.4 is 10.1 Å². The van der Waals surface area contributed by atoms with Crippen molar-refractivity contribution in [1.29, 1.82) is 0 Å². The maximum Gasteiger partial charge on any atom is 0.270 e. The minimum absolute atomic E-state index is 0.00158. The lowest BCUT2D eigenvalue weighted by Crippen LogP contribution is -2.22. The van der Waals surface area contributed by atoms with Crippen LogP contribution in [0.2, 0.25) is 5.02 Å². The number of nitro benzene ring substituents is 1. The van der Waals surface area contributed by atoms with Gasteiger partial charge >= 0.3 is 0 Å². The number of benzene rings is 2. The highest BCUT2D eigenvalue weighted by Gasteiger charge is 2.23. The second kappa shape index (κ2) is 5.71. The highest BCUT2D eigenvalue weighted by atomic mass is 35.5. The minimum Gasteiger partial charge on any atom is -0.491 e. The van der Waals surface area contributed by atoms with Gasteiger partial charge in [0.1, 0.15) is 12.4 Å². The molecule has 0 fully saturated rings. The minimum atomic E-state index is -0.454. The Morgan fingerprint density at radius 3 is 2.90 bits per heavy atom. The monoisotopic (exact) mass is 304 g/mol. The van der Waals surface area contributed by atoms with Crippen LogP contribution in [0, 0.1) is 10.1 Å². The summed E-state index contributed by atoms with van der Waals surface area (Å²) in [6, 6.07) is 12.5. The normalized spacial score (nSPS) is 16.3. The van der Waals surface area contributed by atoms with Crippen molar-refractivity contribution in [3.05, 3.63) is 68.7 Å². The predicted octanol–water partition coefficient (Wildman–Crippen LogP) is 3.47. The summed E-state index contributed by atoms with van der Waals surface area (Å²) in [5, 5.41) is 14.4. The molecule has 1 N–H and O–H groups in total. The number of fused-ring (bicyclic) bond motifs is 1. The van der Waals surface area contributed by atoms with Crippen LogP contribution in [0.1, 0.15) is 17.2 Å². The van der Waals surface area contributed by atoms with Crippen molar-refractivity contribution >= 4 is 17.3 Å². The van der Waals surface area contributed by atoms with Crippen molar-refractivity contribution in [2.24, 2.45) is 0 Å². The number of ether oxygens (including phenoxy) is 1. The van der Waals surface area contributed by atoms with Gasteiger partial charge in [-0.25, -0.2) is 0 Å². The molecule has 5 nitrogen and oxygen atoms in total. The number of para-hydroxylation sites is 1. The number of nitrogens with one attached hydrogen (secondary N) is 1. The predicted molar refractivity (Wildman–Crippen MR) is 79.6 cm³/mol. The number of hydrogen-bond acceptors (Lipinski definition) is 4. The van der Waals surface area contributed by atoms with Crippen molar-refractivity contribution < 1.29 is 9.66 Å². The highest BCUT2D eigenvalue weighted by Crippen LogP contribution is 2.32. The molecule has 0 spiro atoms. The van der Waals surface area contributed by atoms with E-state index in [2.05, 4.69) is 5.32 Å². The van der Waals surface area contributed by atoms with Crippen molar-refractivity contribution in [3.63, 3.8) is 0 Å². The van der Waals surface area contributed by atoms with E-state index in [9.17, 15) is 10.1 Å². The molecule has 2 aromatic rings. The van der Waals surface area contributed by atoms with E-state index in [1.165, 1.54) is 12.1 Å². The lowest BCUT2D eigenvalue weighted by molar-refractivity contribution is -0.384. The summed E-state index contributed by atoms with van der Waals surface area (Å²) in [6.07, 6.45) is 0. The standard InChI is InChI=1S/C15H13ClN2O3/c16-13-7-11(18(19)20)6-5-10(13)8-17-14-9-21-15-4-2-1-3-12(14)15/h1-7,14,17H,8-9H2. The summed E-state index contributed by atoms with van der Waals surface area (Å²) in [6.45, 7) is 1.10. The number of hydrogen-bond donors (Lipinski definition) is 1. The summed E-state index contributed by atoms with van der Waals surface area (Å²) in [7, 11) is 0. The van der Waals surface area contributed by atoms with Crippen LogP contribution in [0.4, 0.5) is 5.69 Å². The maximum absolute atomic E-state index is 10.7. The first-order valence-electron chi connectivity index (χ1n) is 6.53. The quantitative estimate of drug-likeness (QED) is 0.694. The maximum atomic E-state index is 10.7. The summed E-state index contributed by atoms with van der Waals surface area (Å²) in [5.41, 5.74) is 1.94. The van der Waals surface area contributed by atoms with Gasteiger partial charge in [0.2, 0.25) is 0 Å². The van der Waals surface area contributed by atoms with E-state index in [1.54, 1.807) is 6.07 Å². The zero-order valence-electron chi connectivity index (χ0n) is 11.1. The SMILES string of the molecule is O=[N+]([O-])c1ccc(CNC2COc3ccccc32)c(Cl)c1. The molecule has 1 aliphatic heterocycles. The first-order valence-corrected chi connectivity index (χ1v) is 6.91. The molecular weight excluding hydrogens is 292 g/mol. The number of nitro groups is 1. The van der Waals surface area contributed by atoms with Gasteiger partial charge < -0.3 is 10.1 Å². The van der Waals surface area contributed by atoms with Gasteiger partial charge in [-0.1, -0.05) is 29.8 Å². The van der Waals surface area contributed by atoms with Gasteiger partial charge in [-0.05, 0) is 17.7 Å². The smallest absolute Gasteiger partial charge is 0.270 e. The van der Waals surface area contributed by atoms with E-state index in [-0.39, 0.29) is 11.7 Å². The fourth-order valence-electron chi connectivity index (χ4n) is 2.36. The lowest BCUT2D eigenvalue weighted by atomic mass is 10.1. The first-order chi connectivity index (χ1) is 10.1. The Kier molecular flexibility index (Phi) is 3.77. The molecule has 0 saturated heterocycles. The van der Waals surface area contributed by atoms with Crippen molar-refractivity contribution in [3.8, 4) is 5.75 Å². The summed E-state index contributed by atoms with van der Waals surface area (Å²) >= 11 is 6.08. The van der Waals surface area contributed by atoms with Crippen LogP contribution in [0.25, 0.3) is 0 Å². The molecule has 0 saturated carbocycles. The van der Waals surface area contributed by atoms with Gasteiger partial charge in [0, 0.05) is 24.2 Å². The van der Waals surface area contributed by atoms with E-state index in [4.69, 9.17) is 16.3 Å². The van der Waals surface area contributed by atoms with E-state index in [0.717, 1.165) is 16.9 Å². The van der Waals surface area contributed by atoms with E-state index >= 15 is 0 Å². The highest BCUT2D eigenvalue weighted by molar-refractivity contribution is 6.31. The summed E-state index contributed by atoms with van der Waals surface area (Å²) in [5.74, 6) is 0.893. The molecule has 0 bridgehead atoms. The van der Waals surface area contributed by atoms with E-state index in [0.29, 0.717) is 18.2 Å². The first kappa shape index (κ1) is 13.9. The van der Waals surface area contributed by atoms with Gasteiger partial charge in [0.05, 0.1) is 16.0 Å². The van der Waals surface area contributed by atoms with Gasteiger partial charge in [-0.2, -0.15) is 0 Å². The van der Waals surface area contributed by atoms with Gasteiger partial charge in [0.15, 0.2) is 0 Å². The molecular formula is C15H13ClN2O3. The molecule has 1 aliphatic rings. The second-order valence-corrected chi connectivity index (χ2v) is 5.22. The number of non-ortho nitro benzene ring substituents is 1. The number of halogens is 1. The molecule has 6 heteroatoms. The van der Waals surface area contributed by atoms with Gasteiger partial charge in [0.25, 0.3) is 5.69 Å². The molecule has 1 heterocycles. The van der Waals surface area contributed by atoms with Crippen LogP contribution in [0.3, 0.4) is 0 Å². The second-order valence-electron chi connectivity index (χ2n) is 4.82. The lowest BCUT2D eigenvalue weighted by Gasteiger charge is -2.12. The molecule has 21 heavy (non-hydrogen) atoms. The molecule has 0 aromatic heterocycles. The fourth-order valence-corrected chi connectivity index (χ4v) is 2.60. The van der Waals surface area contributed by atoms with Crippen LogP contribution >= 0.6 is 11.6 Å². The third-order valence-electron chi connectivity index (χ3n) is 3.49. The molecule has 1 atom stereocenters. The third-order valence-corrected chi connectivity index (χ3v) is 3.84. The average Bonchev–Trinajstić information content (AvgIpc) is 2.89. The van der Waals surface area contributed by atoms with Crippen molar-refractivity contribution in [1.82, 2.24) is 5.32 Å². The molecule has 108 valence electrons. The average molecular weight is 305 g/mol. The van der Waals surface area contributed by atoms with Gasteiger partial charge in [-0.15, -0.1) is 0 Å². The van der Waals surface area contributed by atoms with Crippen LogP contribution in [0.15, 0.2) is 42.5 Å². The Labute approximate surface area is 126 Å². The zero-order valence-corrected chi connectivity index (χ0v) is 11.8. The Balaban J connectivity index is 1.70. The van der Waals surface area contributed by atoms with Crippen molar-refractivity contribution in [2.45, 2.75) is 12.6 Å². The van der Waals surface area contributed by atoms with E-state index in [1.807, 2.05) is 24.3 Å². The fraction of sp³-hybridized carbons (Fsp3) is 0.200. The Bertz CT molecular complexity index is 690. The molecule has 3 rings (SSSR count). The molecule has 0 aliphatic carbocycles. The van der Waals surface area contributed by atoms with Gasteiger partial charge in [-0.3, -0.25) is 10.1 Å². The summed E-state index contributed by atoms with van der Waals surface area (Å²) < 4.78 is 5.60. The Morgan fingerprint density at radius 2 is 2.14 bits per heavy atom. The van der Waals surface area contributed by atoms with Crippen LogP contribution in [0.5, 0.6) is 5.75 Å². The molecule has 0 amide bonds. The Morgan fingerprint density at radius 1 is 1.33 bits per heavy atom. The van der Waals surface area contributed by atoms with Crippen molar-refractivity contribution in [2.75, 3.05) is 6.61 Å². The largest absolute Gasteiger partial charge is 0.491 e. The topological polar surface area (TPSA) is 64.4 Å². The van der Waals surface area contributed by atoms with Crippen LogP contribution in [-0.2, 0) is 6.54 Å². The molecule has 1 unspecified atom stereocenters. The Hall–Kier alpha value is -2.11. The molecule has 0 radical (unpaired) electrons. The summed E-state index contributed by atoms with van der Waals surface area (Å²) in [4.78, 5) is 10.2. The molecule has 2 aromatic carbocycles. The number of nitrogens with zero attached hydrogens (tertiary/aromatic N) is 1. The van der Waals surface area contributed by atoms with E-state index < -0.39 is 4.92 Å². The zero-order chi connectivity index (χ0) is 14.8.